The van der Waals surface area contributed by atoms with Crippen molar-refractivity contribution in [2.24, 2.45) is 23.7 Å². The zero-order valence-corrected chi connectivity index (χ0v) is 9.50. The van der Waals surface area contributed by atoms with E-state index in [0.717, 1.165) is 35.8 Å². The van der Waals surface area contributed by atoms with Gasteiger partial charge in [-0.1, -0.05) is 13.3 Å². The van der Waals surface area contributed by atoms with Crippen LogP contribution in [-0.2, 0) is 0 Å². The van der Waals surface area contributed by atoms with Gasteiger partial charge in [0, 0.05) is 12.1 Å². The molecule has 1 nitrogen and oxygen atoms in total. The second kappa shape index (κ2) is 3.23. The maximum Gasteiger partial charge on any atom is 0.0138 e. The van der Waals surface area contributed by atoms with E-state index in [1.165, 1.54) is 12.8 Å². The topological polar surface area (TPSA) is 12.0 Å². The molecule has 0 radical (unpaired) electrons. The second-order valence-electron chi connectivity index (χ2n) is 5.87. The normalized spacial score (nSPS) is 50.6. The van der Waals surface area contributed by atoms with Crippen LogP contribution in [0.15, 0.2) is 0 Å². The van der Waals surface area contributed by atoms with Crippen molar-refractivity contribution in [1.82, 2.24) is 5.32 Å². The molecule has 0 amide bonds. The van der Waals surface area contributed by atoms with Gasteiger partial charge in [0.25, 0.3) is 0 Å². The predicted molar refractivity (Wildman–Crippen MR) is 59.1 cm³/mol. The minimum atomic E-state index is 0.759. The molecule has 3 rings (SSSR count). The minimum absolute atomic E-state index is 0.759. The Morgan fingerprint density at radius 1 is 1.21 bits per heavy atom. The van der Waals surface area contributed by atoms with Crippen molar-refractivity contribution < 1.29 is 0 Å². The highest BCUT2D eigenvalue weighted by atomic mass is 15.0. The lowest BCUT2D eigenvalue weighted by atomic mass is 10.0. The number of rotatable bonds is 4. The molecule has 0 saturated heterocycles. The van der Waals surface area contributed by atoms with E-state index in [1.54, 1.807) is 19.3 Å². The lowest BCUT2D eigenvalue weighted by Gasteiger charge is -2.16. The van der Waals surface area contributed by atoms with E-state index >= 15 is 0 Å². The van der Waals surface area contributed by atoms with Crippen LogP contribution in [0, 0.1) is 23.7 Å². The monoisotopic (exact) mass is 193 g/mol. The quantitative estimate of drug-likeness (QED) is 0.724. The molecule has 0 aliphatic heterocycles. The fourth-order valence-electron chi connectivity index (χ4n) is 4.39. The van der Waals surface area contributed by atoms with E-state index in [1.807, 2.05) is 0 Å². The number of hydrogen-bond donors (Lipinski definition) is 1. The van der Waals surface area contributed by atoms with Crippen molar-refractivity contribution in [3.63, 3.8) is 0 Å². The van der Waals surface area contributed by atoms with Gasteiger partial charge in [-0.2, -0.15) is 0 Å². The van der Waals surface area contributed by atoms with Gasteiger partial charge in [-0.05, 0) is 56.3 Å². The third kappa shape index (κ3) is 1.25. The van der Waals surface area contributed by atoms with Crippen LogP contribution in [0.2, 0.25) is 0 Å². The van der Waals surface area contributed by atoms with Gasteiger partial charge >= 0.3 is 0 Å². The van der Waals surface area contributed by atoms with Gasteiger partial charge in [-0.15, -0.1) is 0 Å². The summed E-state index contributed by atoms with van der Waals surface area (Å²) in [5.74, 6) is 4.45. The molecule has 0 heterocycles. The summed E-state index contributed by atoms with van der Waals surface area (Å²) in [7, 11) is 0. The van der Waals surface area contributed by atoms with Crippen LogP contribution in [0.1, 0.15) is 46.0 Å². The molecule has 2 bridgehead atoms. The van der Waals surface area contributed by atoms with Gasteiger partial charge < -0.3 is 5.32 Å². The third-order valence-corrected chi connectivity index (χ3v) is 4.93. The Morgan fingerprint density at radius 2 is 1.86 bits per heavy atom. The van der Waals surface area contributed by atoms with Crippen molar-refractivity contribution in [3.8, 4) is 0 Å². The molecular weight excluding hydrogens is 170 g/mol. The van der Waals surface area contributed by atoms with Gasteiger partial charge in [-0.3, -0.25) is 0 Å². The molecule has 0 aromatic heterocycles. The first-order chi connectivity index (χ1) is 6.81. The maximum atomic E-state index is 3.86. The summed E-state index contributed by atoms with van der Waals surface area (Å²) in [6, 6.07) is 1.69. The van der Waals surface area contributed by atoms with Crippen molar-refractivity contribution in [2.75, 3.05) is 0 Å². The molecule has 3 aliphatic carbocycles. The molecule has 80 valence electrons. The lowest BCUT2D eigenvalue weighted by molar-refractivity contribution is 0.415. The van der Waals surface area contributed by atoms with Gasteiger partial charge in [0.1, 0.15) is 0 Å². The van der Waals surface area contributed by atoms with Crippen molar-refractivity contribution in [3.05, 3.63) is 0 Å². The lowest BCUT2D eigenvalue weighted by Crippen LogP contribution is -2.31. The third-order valence-electron chi connectivity index (χ3n) is 4.93. The molecule has 3 fully saturated rings. The van der Waals surface area contributed by atoms with Crippen molar-refractivity contribution in [2.45, 2.75) is 58.0 Å². The largest absolute Gasteiger partial charge is 0.311 e. The summed E-state index contributed by atoms with van der Waals surface area (Å²) in [5, 5.41) is 3.86. The zero-order chi connectivity index (χ0) is 9.71. The summed E-state index contributed by atoms with van der Waals surface area (Å²) in [4.78, 5) is 0. The zero-order valence-electron chi connectivity index (χ0n) is 9.50. The standard InChI is InChI=1S/C13H23N/c1-3-4-8(2)14-13-11-9-5-6-10(7-9)12(11)13/h8-14H,3-7H2,1-2H3. The summed E-state index contributed by atoms with van der Waals surface area (Å²) >= 11 is 0. The Kier molecular flexibility index (Phi) is 2.12. The molecule has 5 unspecified atom stereocenters. The Bertz CT molecular complexity index is 209. The van der Waals surface area contributed by atoms with E-state index in [0.29, 0.717) is 0 Å². The van der Waals surface area contributed by atoms with Crippen LogP contribution in [0.4, 0.5) is 0 Å². The summed E-state index contributed by atoms with van der Waals surface area (Å²) in [6.45, 7) is 4.65. The highest BCUT2D eigenvalue weighted by Gasteiger charge is 2.64. The molecule has 1 heteroatoms. The fraction of sp³-hybridized carbons (Fsp3) is 1.00. The average Bonchev–Trinajstić information content (AvgIpc) is 2.60. The van der Waals surface area contributed by atoms with Gasteiger partial charge in [-0.25, -0.2) is 0 Å². The first-order valence-electron chi connectivity index (χ1n) is 6.57. The smallest absolute Gasteiger partial charge is 0.0138 e. The van der Waals surface area contributed by atoms with Crippen LogP contribution in [-0.4, -0.2) is 12.1 Å². The molecule has 3 aliphatic rings. The first kappa shape index (κ1) is 9.21. The second-order valence-corrected chi connectivity index (χ2v) is 5.87. The molecule has 1 N–H and O–H groups in total. The van der Waals surface area contributed by atoms with Crippen LogP contribution in [0.5, 0.6) is 0 Å². The van der Waals surface area contributed by atoms with Crippen molar-refractivity contribution in [1.29, 1.82) is 0 Å². The first-order valence-corrected chi connectivity index (χ1v) is 6.57. The molecule has 14 heavy (non-hydrogen) atoms. The van der Waals surface area contributed by atoms with Gasteiger partial charge in [0.15, 0.2) is 0 Å². The van der Waals surface area contributed by atoms with E-state index in [2.05, 4.69) is 19.2 Å². The highest BCUT2D eigenvalue weighted by Crippen LogP contribution is 2.65. The Balaban J connectivity index is 1.54. The Hall–Kier alpha value is -0.0400. The predicted octanol–water partition coefficient (Wildman–Crippen LogP) is 2.81. The Morgan fingerprint density at radius 3 is 2.43 bits per heavy atom. The van der Waals surface area contributed by atoms with E-state index < -0.39 is 0 Å². The summed E-state index contributed by atoms with van der Waals surface area (Å²) in [6.07, 6.45) is 7.35. The number of hydrogen-bond acceptors (Lipinski definition) is 1. The summed E-state index contributed by atoms with van der Waals surface area (Å²) < 4.78 is 0. The molecular formula is C13H23N. The molecule has 0 aromatic rings. The maximum absolute atomic E-state index is 3.86. The highest BCUT2D eigenvalue weighted by molar-refractivity contribution is 5.17. The van der Waals surface area contributed by atoms with Crippen LogP contribution in [0.3, 0.4) is 0 Å². The van der Waals surface area contributed by atoms with Crippen LogP contribution in [0.25, 0.3) is 0 Å². The SMILES string of the molecule is CCCC(C)NC1C2C3CCC(C3)C12. The van der Waals surface area contributed by atoms with Gasteiger partial charge in [0.2, 0.25) is 0 Å². The Labute approximate surface area is 87.7 Å². The van der Waals surface area contributed by atoms with E-state index in [9.17, 15) is 0 Å². The molecule has 5 atom stereocenters. The van der Waals surface area contributed by atoms with Crippen LogP contribution < -0.4 is 5.32 Å². The fourth-order valence-corrected chi connectivity index (χ4v) is 4.39. The number of nitrogens with one attached hydrogen (secondary N) is 1. The van der Waals surface area contributed by atoms with Gasteiger partial charge in [0.05, 0.1) is 0 Å². The van der Waals surface area contributed by atoms with Crippen LogP contribution >= 0.6 is 0 Å². The van der Waals surface area contributed by atoms with E-state index in [-0.39, 0.29) is 0 Å². The summed E-state index contributed by atoms with van der Waals surface area (Å²) in [5.41, 5.74) is 0. The average molecular weight is 193 g/mol. The minimum Gasteiger partial charge on any atom is -0.311 e. The van der Waals surface area contributed by atoms with Crippen molar-refractivity contribution >= 4 is 0 Å². The molecule has 3 saturated carbocycles. The molecule has 0 aromatic carbocycles. The van der Waals surface area contributed by atoms with E-state index in [4.69, 9.17) is 0 Å². The molecule has 0 spiro atoms. The number of fused-ring (bicyclic) bond motifs is 5.